The average Bonchev–Trinajstić information content (AvgIpc) is 3.33. The minimum atomic E-state index is -0.720. The molecule has 1 saturated heterocycles. The van der Waals surface area contributed by atoms with Crippen LogP contribution in [0.4, 0.5) is 0 Å². The molecule has 0 aromatic rings. The van der Waals surface area contributed by atoms with E-state index >= 15 is 0 Å². The molecule has 0 aromatic carbocycles. The highest BCUT2D eigenvalue weighted by Crippen LogP contribution is 2.28. The summed E-state index contributed by atoms with van der Waals surface area (Å²) >= 11 is 0. The second-order valence-corrected chi connectivity index (χ2v) is 6.45. The third-order valence-electron chi connectivity index (χ3n) is 4.26. The van der Waals surface area contributed by atoms with Crippen molar-refractivity contribution in [2.45, 2.75) is 38.2 Å². The summed E-state index contributed by atoms with van der Waals surface area (Å²) in [5.74, 6) is 1.63. The lowest BCUT2D eigenvalue weighted by Crippen LogP contribution is -2.44. The molecule has 2 N–H and O–H groups in total. The van der Waals surface area contributed by atoms with Crippen LogP contribution in [0.1, 0.15) is 32.6 Å². The van der Waals surface area contributed by atoms with Crippen LogP contribution in [0, 0.1) is 5.92 Å². The number of aliphatic hydroxyl groups is 1. The standard InChI is InChI=1S/C16H31N3O3/c1-3-17-15(18-13-16(20)6-9-21-10-7-16)19(2)8-11-22-12-14-4-5-14/h14,20H,3-13H2,1-2H3,(H,17,18). The second kappa shape index (κ2) is 8.70. The molecular weight excluding hydrogens is 282 g/mol. The third kappa shape index (κ3) is 6.10. The smallest absolute Gasteiger partial charge is 0.193 e. The molecule has 1 heterocycles. The number of aliphatic imine (C=N–C) groups is 1. The lowest BCUT2D eigenvalue weighted by atomic mass is 9.95. The van der Waals surface area contributed by atoms with E-state index < -0.39 is 5.60 Å². The maximum Gasteiger partial charge on any atom is 0.193 e. The molecule has 2 fully saturated rings. The Morgan fingerprint density at radius 2 is 2.14 bits per heavy atom. The van der Waals surface area contributed by atoms with Crippen molar-refractivity contribution < 1.29 is 14.6 Å². The zero-order valence-corrected chi connectivity index (χ0v) is 14.0. The van der Waals surface area contributed by atoms with Gasteiger partial charge in [-0.2, -0.15) is 0 Å². The van der Waals surface area contributed by atoms with Gasteiger partial charge in [0.2, 0.25) is 0 Å². The molecule has 1 aliphatic heterocycles. The predicted molar refractivity (Wildman–Crippen MR) is 87.2 cm³/mol. The molecule has 22 heavy (non-hydrogen) atoms. The van der Waals surface area contributed by atoms with E-state index in [0.717, 1.165) is 38.2 Å². The Balaban J connectivity index is 1.76. The summed E-state index contributed by atoms with van der Waals surface area (Å²) < 4.78 is 11.0. The number of nitrogens with zero attached hydrogens (tertiary/aromatic N) is 2. The molecule has 0 bridgehead atoms. The van der Waals surface area contributed by atoms with Crippen LogP contribution in [-0.2, 0) is 9.47 Å². The Kier molecular flexibility index (Phi) is 6.92. The molecule has 6 heteroatoms. The van der Waals surface area contributed by atoms with E-state index in [1.807, 2.05) is 7.05 Å². The summed E-state index contributed by atoms with van der Waals surface area (Å²) in [5.41, 5.74) is -0.720. The van der Waals surface area contributed by atoms with Gasteiger partial charge in [-0.1, -0.05) is 0 Å². The quantitative estimate of drug-likeness (QED) is 0.395. The number of hydrogen-bond acceptors (Lipinski definition) is 4. The van der Waals surface area contributed by atoms with Crippen molar-refractivity contribution in [3.05, 3.63) is 0 Å². The molecule has 1 saturated carbocycles. The van der Waals surface area contributed by atoms with Gasteiger partial charge in [-0.15, -0.1) is 0 Å². The average molecular weight is 313 g/mol. The molecule has 2 rings (SSSR count). The highest BCUT2D eigenvalue weighted by Gasteiger charge is 2.29. The molecule has 0 radical (unpaired) electrons. The van der Waals surface area contributed by atoms with Crippen LogP contribution < -0.4 is 5.32 Å². The van der Waals surface area contributed by atoms with Crippen molar-refractivity contribution in [1.82, 2.24) is 10.2 Å². The molecule has 0 spiro atoms. The third-order valence-corrected chi connectivity index (χ3v) is 4.26. The van der Waals surface area contributed by atoms with Crippen LogP contribution >= 0.6 is 0 Å². The summed E-state index contributed by atoms with van der Waals surface area (Å²) in [6.45, 7) is 6.94. The fraction of sp³-hybridized carbons (Fsp3) is 0.938. The molecule has 0 atom stereocenters. The van der Waals surface area contributed by atoms with Gasteiger partial charge in [-0.05, 0) is 25.7 Å². The molecular formula is C16H31N3O3. The summed E-state index contributed by atoms with van der Waals surface area (Å²) in [7, 11) is 2.01. The van der Waals surface area contributed by atoms with Gasteiger partial charge in [0, 0.05) is 52.8 Å². The number of hydrogen-bond donors (Lipinski definition) is 2. The molecule has 1 aliphatic carbocycles. The minimum Gasteiger partial charge on any atom is -0.388 e. The normalized spacial score (nSPS) is 21.7. The number of ether oxygens (including phenoxy) is 2. The maximum atomic E-state index is 10.5. The lowest BCUT2D eigenvalue weighted by molar-refractivity contribution is -0.0566. The monoisotopic (exact) mass is 313 g/mol. The lowest BCUT2D eigenvalue weighted by Gasteiger charge is -2.31. The fourth-order valence-corrected chi connectivity index (χ4v) is 2.44. The first kappa shape index (κ1) is 17.5. The Morgan fingerprint density at radius 3 is 2.77 bits per heavy atom. The highest BCUT2D eigenvalue weighted by atomic mass is 16.5. The highest BCUT2D eigenvalue weighted by molar-refractivity contribution is 5.79. The van der Waals surface area contributed by atoms with Gasteiger partial charge in [-0.25, -0.2) is 0 Å². The number of guanidine groups is 1. The topological polar surface area (TPSA) is 66.3 Å². The molecule has 2 aliphatic rings. The Hall–Kier alpha value is -0.850. The molecule has 0 unspecified atom stereocenters. The van der Waals surface area contributed by atoms with Crippen LogP contribution in [0.3, 0.4) is 0 Å². The first-order chi connectivity index (χ1) is 10.6. The van der Waals surface area contributed by atoms with E-state index in [2.05, 4.69) is 22.1 Å². The van der Waals surface area contributed by atoms with Crippen molar-refractivity contribution in [1.29, 1.82) is 0 Å². The van der Waals surface area contributed by atoms with Crippen LogP contribution in [0.2, 0.25) is 0 Å². The largest absolute Gasteiger partial charge is 0.388 e. The summed E-state index contributed by atoms with van der Waals surface area (Å²) in [6, 6.07) is 0. The van der Waals surface area contributed by atoms with Gasteiger partial charge >= 0.3 is 0 Å². The molecule has 128 valence electrons. The molecule has 0 amide bonds. The summed E-state index contributed by atoms with van der Waals surface area (Å²) in [4.78, 5) is 6.67. The summed E-state index contributed by atoms with van der Waals surface area (Å²) in [5, 5.41) is 13.8. The van der Waals surface area contributed by atoms with Crippen molar-refractivity contribution >= 4 is 5.96 Å². The predicted octanol–water partition coefficient (Wildman–Crippen LogP) is 0.852. The Labute approximate surface area is 133 Å². The molecule has 0 aromatic heterocycles. The van der Waals surface area contributed by atoms with Gasteiger partial charge < -0.3 is 24.8 Å². The van der Waals surface area contributed by atoms with E-state index in [0.29, 0.717) is 32.6 Å². The van der Waals surface area contributed by atoms with E-state index in [1.165, 1.54) is 12.8 Å². The Morgan fingerprint density at radius 1 is 1.41 bits per heavy atom. The maximum absolute atomic E-state index is 10.5. The summed E-state index contributed by atoms with van der Waals surface area (Å²) in [6.07, 6.45) is 3.96. The van der Waals surface area contributed by atoms with Crippen LogP contribution in [0.25, 0.3) is 0 Å². The van der Waals surface area contributed by atoms with Crippen LogP contribution in [-0.4, -0.2) is 74.7 Å². The number of likely N-dealkylation sites (N-methyl/N-ethyl adjacent to an activating group) is 1. The van der Waals surface area contributed by atoms with E-state index in [1.54, 1.807) is 0 Å². The minimum absolute atomic E-state index is 0.423. The zero-order valence-electron chi connectivity index (χ0n) is 14.0. The molecule has 6 nitrogen and oxygen atoms in total. The van der Waals surface area contributed by atoms with E-state index in [9.17, 15) is 5.11 Å². The second-order valence-electron chi connectivity index (χ2n) is 6.45. The first-order valence-corrected chi connectivity index (χ1v) is 8.50. The van der Waals surface area contributed by atoms with Crippen molar-refractivity contribution in [2.75, 3.05) is 53.1 Å². The van der Waals surface area contributed by atoms with Gasteiger partial charge in [-0.3, -0.25) is 4.99 Å². The van der Waals surface area contributed by atoms with Crippen LogP contribution in [0.15, 0.2) is 4.99 Å². The SMILES string of the molecule is CCNC(=NCC1(O)CCOCC1)N(C)CCOCC1CC1. The van der Waals surface area contributed by atoms with E-state index in [4.69, 9.17) is 9.47 Å². The van der Waals surface area contributed by atoms with Crippen LogP contribution in [0.5, 0.6) is 0 Å². The van der Waals surface area contributed by atoms with Crippen molar-refractivity contribution in [3.63, 3.8) is 0 Å². The van der Waals surface area contributed by atoms with E-state index in [-0.39, 0.29) is 0 Å². The van der Waals surface area contributed by atoms with Gasteiger partial charge in [0.1, 0.15) is 0 Å². The number of rotatable bonds is 8. The van der Waals surface area contributed by atoms with Crippen molar-refractivity contribution in [3.8, 4) is 0 Å². The van der Waals surface area contributed by atoms with Gasteiger partial charge in [0.05, 0.1) is 18.8 Å². The Bertz CT molecular complexity index is 353. The zero-order chi connectivity index (χ0) is 15.8. The van der Waals surface area contributed by atoms with Gasteiger partial charge in [0.25, 0.3) is 0 Å². The van der Waals surface area contributed by atoms with Crippen molar-refractivity contribution in [2.24, 2.45) is 10.9 Å². The number of nitrogens with one attached hydrogen (secondary N) is 1. The first-order valence-electron chi connectivity index (χ1n) is 8.50. The fourth-order valence-electron chi connectivity index (χ4n) is 2.44. The van der Waals surface area contributed by atoms with Gasteiger partial charge in [0.15, 0.2) is 5.96 Å².